The maximum Gasteiger partial charge on any atom is 0.165 e. The largest absolute Gasteiger partial charge is 0.294 e. The molecule has 1 rings (SSSR count). The van der Waals surface area contributed by atoms with E-state index in [-0.39, 0.29) is 5.78 Å². The standard InChI is InChI=1S/C10H10BrClO/c1-7-2-3-9(11)8(6-7)10(13)4-5-12/h2-3,6H,4-5H2,1H3. The van der Waals surface area contributed by atoms with Crippen LogP contribution in [0.1, 0.15) is 22.3 Å². The number of carbonyl (C=O) groups excluding carboxylic acids is 1. The lowest BCUT2D eigenvalue weighted by Gasteiger charge is -2.03. The van der Waals surface area contributed by atoms with Gasteiger partial charge in [0.05, 0.1) is 0 Å². The molecule has 0 atom stereocenters. The lowest BCUT2D eigenvalue weighted by Crippen LogP contribution is -2.01. The van der Waals surface area contributed by atoms with Crippen molar-refractivity contribution in [2.24, 2.45) is 0 Å². The van der Waals surface area contributed by atoms with Crippen LogP contribution in [0, 0.1) is 6.92 Å². The van der Waals surface area contributed by atoms with E-state index in [1.807, 2.05) is 25.1 Å². The van der Waals surface area contributed by atoms with Gasteiger partial charge in [-0.1, -0.05) is 27.6 Å². The number of halogens is 2. The minimum Gasteiger partial charge on any atom is -0.294 e. The molecule has 1 aromatic rings. The van der Waals surface area contributed by atoms with E-state index in [0.717, 1.165) is 15.6 Å². The van der Waals surface area contributed by atoms with Crippen molar-refractivity contribution in [3.63, 3.8) is 0 Å². The molecule has 0 spiro atoms. The zero-order chi connectivity index (χ0) is 9.84. The molecule has 0 aliphatic rings. The van der Waals surface area contributed by atoms with Crippen LogP contribution in [0.3, 0.4) is 0 Å². The summed E-state index contributed by atoms with van der Waals surface area (Å²) in [6.07, 6.45) is 0.392. The minimum atomic E-state index is 0.0885. The highest BCUT2D eigenvalue weighted by molar-refractivity contribution is 9.10. The van der Waals surface area contributed by atoms with E-state index in [1.165, 1.54) is 0 Å². The first-order valence-corrected chi connectivity index (χ1v) is 5.33. The van der Waals surface area contributed by atoms with E-state index >= 15 is 0 Å². The number of rotatable bonds is 3. The smallest absolute Gasteiger partial charge is 0.165 e. The van der Waals surface area contributed by atoms with Crippen molar-refractivity contribution in [1.82, 2.24) is 0 Å². The number of hydrogen-bond acceptors (Lipinski definition) is 1. The molecule has 1 aromatic carbocycles. The third kappa shape index (κ3) is 2.82. The molecule has 0 radical (unpaired) electrons. The number of ketones is 1. The number of benzene rings is 1. The van der Waals surface area contributed by atoms with Gasteiger partial charge in [0.25, 0.3) is 0 Å². The summed E-state index contributed by atoms with van der Waals surface area (Å²) in [6.45, 7) is 1.96. The molecule has 70 valence electrons. The molecule has 0 bridgehead atoms. The van der Waals surface area contributed by atoms with Crippen LogP contribution in [-0.4, -0.2) is 11.7 Å². The van der Waals surface area contributed by atoms with Crippen LogP contribution >= 0.6 is 27.5 Å². The molecule has 0 heterocycles. The van der Waals surface area contributed by atoms with Crippen LogP contribution in [0.15, 0.2) is 22.7 Å². The first-order chi connectivity index (χ1) is 6.15. The fourth-order valence-corrected chi connectivity index (χ4v) is 1.71. The predicted molar refractivity (Wildman–Crippen MR) is 58.5 cm³/mol. The van der Waals surface area contributed by atoms with Gasteiger partial charge in [0.1, 0.15) is 0 Å². The maximum absolute atomic E-state index is 11.5. The van der Waals surface area contributed by atoms with E-state index in [9.17, 15) is 4.79 Å². The second kappa shape index (κ2) is 4.77. The topological polar surface area (TPSA) is 17.1 Å². The van der Waals surface area contributed by atoms with Crippen molar-refractivity contribution in [2.75, 3.05) is 5.88 Å². The highest BCUT2D eigenvalue weighted by Crippen LogP contribution is 2.19. The molecule has 0 aliphatic heterocycles. The molecule has 0 saturated heterocycles. The van der Waals surface area contributed by atoms with Crippen LogP contribution in [0.5, 0.6) is 0 Å². The molecule has 0 aliphatic carbocycles. The third-order valence-electron chi connectivity index (χ3n) is 1.74. The van der Waals surface area contributed by atoms with Crippen molar-refractivity contribution in [3.8, 4) is 0 Å². The summed E-state index contributed by atoms with van der Waals surface area (Å²) in [7, 11) is 0. The van der Waals surface area contributed by atoms with Gasteiger partial charge in [-0.15, -0.1) is 11.6 Å². The lowest BCUT2D eigenvalue weighted by atomic mass is 10.1. The molecule has 1 nitrogen and oxygen atoms in total. The Kier molecular flexibility index (Phi) is 3.94. The van der Waals surface area contributed by atoms with Crippen molar-refractivity contribution in [2.45, 2.75) is 13.3 Å². The summed E-state index contributed by atoms with van der Waals surface area (Å²) in [5, 5.41) is 0. The van der Waals surface area contributed by atoms with Crippen molar-refractivity contribution < 1.29 is 4.79 Å². The monoisotopic (exact) mass is 260 g/mol. The average molecular weight is 262 g/mol. The van der Waals surface area contributed by atoms with E-state index in [1.54, 1.807) is 0 Å². The Hall–Kier alpha value is -0.340. The van der Waals surface area contributed by atoms with Gasteiger partial charge in [-0.25, -0.2) is 0 Å². The molecule has 3 heteroatoms. The van der Waals surface area contributed by atoms with Gasteiger partial charge in [-0.2, -0.15) is 0 Å². The number of carbonyl (C=O) groups is 1. The number of aryl methyl sites for hydroxylation is 1. The molecule has 0 unspecified atom stereocenters. The Bertz CT molecular complexity index is 323. The van der Waals surface area contributed by atoms with Crippen LogP contribution in [-0.2, 0) is 0 Å². The van der Waals surface area contributed by atoms with Crippen molar-refractivity contribution in [3.05, 3.63) is 33.8 Å². The van der Waals surface area contributed by atoms with E-state index in [0.29, 0.717) is 12.3 Å². The second-order valence-corrected chi connectivity index (χ2v) is 4.08. The van der Waals surface area contributed by atoms with Gasteiger partial charge in [0.2, 0.25) is 0 Å². The highest BCUT2D eigenvalue weighted by Gasteiger charge is 2.08. The van der Waals surface area contributed by atoms with Crippen LogP contribution < -0.4 is 0 Å². The SMILES string of the molecule is Cc1ccc(Br)c(C(=O)CCCl)c1. The zero-order valence-electron chi connectivity index (χ0n) is 7.31. The molecule has 0 fully saturated rings. The lowest BCUT2D eigenvalue weighted by molar-refractivity contribution is 0.0988. The fraction of sp³-hybridized carbons (Fsp3) is 0.300. The van der Waals surface area contributed by atoms with Crippen molar-refractivity contribution in [1.29, 1.82) is 0 Å². The zero-order valence-corrected chi connectivity index (χ0v) is 9.65. The Morgan fingerprint density at radius 2 is 2.23 bits per heavy atom. The number of alkyl halides is 1. The fourth-order valence-electron chi connectivity index (χ4n) is 1.07. The molecule has 13 heavy (non-hydrogen) atoms. The summed E-state index contributed by atoms with van der Waals surface area (Å²) >= 11 is 8.84. The molecular weight excluding hydrogens is 251 g/mol. The molecule has 0 aromatic heterocycles. The van der Waals surface area contributed by atoms with Crippen LogP contribution in [0.2, 0.25) is 0 Å². The van der Waals surface area contributed by atoms with E-state index in [2.05, 4.69) is 15.9 Å². The molecule has 0 amide bonds. The Morgan fingerprint density at radius 3 is 2.85 bits per heavy atom. The Morgan fingerprint density at radius 1 is 1.54 bits per heavy atom. The summed E-state index contributed by atoms with van der Waals surface area (Å²) in [6, 6.07) is 5.72. The summed E-state index contributed by atoms with van der Waals surface area (Å²) < 4.78 is 0.841. The van der Waals surface area contributed by atoms with Gasteiger partial charge in [-0.05, 0) is 19.1 Å². The van der Waals surface area contributed by atoms with Crippen LogP contribution in [0.4, 0.5) is 0 Å². The summed E-state index contributed by atoms with van der Waals surface area (Å²) in [4.78, 5) is 11.5. The first kappa shape index (κ1) is 10.7. The Labute approximate surface area is 91.2 Å². The van der Waals surface area contributed by atoms with Gasteiger partial charge in [-0.3, -0.25) is 4.79 Å². The summed E-state index contributed by atoms with van der Waals surface area (Å²) in [5.41, 5.74) is 1.81. The third-order valence-corrected chi connectivity index (χ3v) is 2.62. The quantitative estimate of drug-likeness (QED) is 0.600. The first-order valence-electron chi connectivity index (χ1n) is 4.00. The molecular formula is C10H10BrClO. The highest BCUT2D eigenvalue weighted by atomic mass is 79.9. The predicted octanol–water partition coefficient (Wildman–Crippen LogP) is 3.57. The number of hydrogen-bond donors (Lipinski definition) is 0. The normalized spacial score (nSPS) is 10.1. The molecule has 0 saturated carbocycles. The Balaban J connectivity index is 2.99. The number of Topliss-reactive ketones (excluding diaryl/α,β-unsaturated/α-hetero) is 1. The van der Waals surface area contributed by atoms with Crippen LogP contribution in [0.25, 0.3) is 0 Å². The van der Waals surface area contributed by atoms with E-state index < -0.39 is 0 Å². The van der Waals surface area contributed by atoms with E-state index in [4.69, 9.17) is 11.6 Å². The summed E-state index contributed by atoms with van der Waals surface area (Å²) in [5.74, 6) is 0.463. The molecule has 0 N–H and O–H groups in total. The average Bonchev–Trinajstić information content (AvgIpc) is 2.09. The minimum absolute atomic E-state index is 0.0885. The van der Waals surface area contributed by atoms with Gasteiger partial charge >= 0.3 is 0 Å². The second-order valence-electron chi connectivity index (χ2n) is 2.85. The van der Waals surface area contributed by atoms with Crippen molar-refractivity contribution >= 4 is 33.3 Å². The van der Waals surface area contributed by atoms with Gasteiger partial charge < -0.3 is 0 Å². The maximum atomic E-state index is 11.5. The van der Waals surface area contributed by atoms with Gasteiger partial charge in [0.15, 0.2) is 5.78 Å². The van der Waals surface area contributed by atoms with Gasteiger partial charge in [0, 0.05) is 22.3 Å².